The molecule has 0 bridgehead atoms. The molecule has 1 aliphatic carbocycles. The van der Waals surface area contributed by atoms with Crippen LogP contribution in [0, 0.1) is 5.92 Å². The lowest BCUT2D eigenvalue weighted by Crippen LogP contribution is -2.35. The summed E-state index contributed by atoms with van der Waals surface area (Å²) in [5.74, 6) is 1.20. The van der Waals surface area contributed by atoms with E-state index in [-0.39, 0.29) is 5.97 Å². The Bertz CT molecular complexity index is 223. The Morgan fingerprint density at radius 3 is 2.81 bits per heavy atom. The molecular weight excluding hydrogens is 222 g/mol. The molecular formula is C12H23NO2S. The van der Waals surface area contributed by atoms with Crippen molar-refractivity contribution in [1.82, 2.24) is 0 Å². The van der Waals surface area contributed by atoms with Crippen LogP contribution < -0.4 is 5.73 Å². The summed E-state index contributed by atoms with van der Waals surface area (Å²) in [7, 11) is 1.39. The Morgan fingerprint density at radius 2 is 2.19 bits per heavy atom. The average Bonchev–Trinajstić information content (AvgIpc) is 2.35. The maximum absolute atomic E-state index is 11.2. The van der Waals surface area contributed by atoms with Crippen LogP contribution in [0.4, 0.5) is 0 Å². The fourth-order valence-electron chi connectivity index (χ4n) is 2.31. The van der Waals surface area contributed by atoms with Gasteiger partial charge in [-0.2, -0.15) is 11.8 Å². The molecule has 2 N–H and O–H groups in total. The molecule has 94 valence electrons. The van der Waals surface area contributed by atoms with Gasteiger partial charge >= 0.3 is 5.97 Å². The van der Waals surface area contributed by atoms with Crippen molar-refractivity contribution >= 4 is 17.7 Å². The molecule has 3 atom stereocenters. The molecule has 0 radical (unpaired) electrons. The second-order valence-corrected chi connectivity index (χ2v) is 5.73. The van der Waals surface area contributed by atoms with Crippen molar-refractivity contribution in [2.45, 2.75) is 50.3 Å². The van der Waals surface area contributed by atoms with E-state index in [0.717, 1.165) is 5.92 Å². The van der Waals surface area contributed by atoms with E-state index in [1.165, 1.54) is 39.2 Å². The quantitative estimate of drug-likeness (QED) is 0.754. The predicted molar refractivity (Wildman–Crippen MR) is 68.5 cm³/mol. The number of rotatable bonds is 5. The van der Waals surface area contributed by atoms with E-state index in [9.17, 15) is 4.79 Å². The number of thioether (sulfide) groups is 1. The highest BCUT2D eigenvalue weighted by Crippen LogP contribution is 2.35. The molecule has 4 heteroatoms. The lowest BCUT2D eigenvalue weighted by atomic mass is 9.87. The first-order valence-corrected chi connectivity index (χ1v) is 7.19. The maximum Gasteiger partial charge on any atom is 0.323 e. The van der Waals surface area contributed by atoms with Crippen LogP contribution >= 0.6 is 11.8 Å². The van der Waals surface area contributed by atoms with Gasteiger partial charge in [0.2, 0.25) is 0 Å². The third-order valence-corrected chi connectivity index (χ3v) is 4.96. The van der Waals surface area contributed by atoms with Crippen molar-refractivity contribution in [3.05, 3.63) is 0 Å². The van der Waals surface area contributed by atoms with E-state index in [2.05, 4.69) is 11.7 Å². The molecule has 0 aliphatic heterocycles. The van der Waals surface area contributed by atoms with Gasteiger partial charge in [0.05, 0.1) is 7.11 Å². The topological polar surface area (TPSA) is 52.3 Å². The lowest BCUT2D eigenvalue weighted by Gasteiger charge is -2.30. The van der Waals surface area contributed by atoms with E-state index in [0.29, 0.717) is 11.0 Å². The molecule has 16 heavy (non-hydrogen) atoms. The Hall–Kier alpha value is -0.220. The zero-order valence-electron chi connectivity index (χ0n) is 10.3. The second-order valence-electron chi connectivity index (χ2n) is 4.45. The van der Waals surface area contributed by atoms with Crippen LogP contribution in [0.1, 0.15) is 39.0 Å². The SMILES string of the molecule is CCC1CCCCC1SCC(N)C(=O)OC. The number of carbonyl (C=O) groups is 1. The molecule has 0 saturated heterocycles. The van der Waals surface area contributed by atoms with Crippen LogP contribution in [0.25, 0.3) is 0 Å². The summed E-state index contributed by atoms with van der Waals surface area (Å²) < 4.78 is 4.63. The van der Waals surface area contributed by atoms with Gasteiger partial charge in [0, 0.05) is 11.0 Å². The Labute approximate surface area is 102 Å². The first kappa shape index (κ1) is 13.8. The van der Waals surface area contributed by atoms with Crippen LogP contribution in [-0.2, 0) is 9.53 Å². The van der Waals surface area contributed by atoms with E-state index in [1.54, 1.807) is 0 Å². The molecule has 1 rings (SSSR count). The Kier molecular flexibility index (Phi) is 6.21. The fourth-order valence-corrected chi connectivity index (χ4v) is 3.83. The summed E-state index contributed by atoms with van der Waals surface area (Å²) in [6, 6.07) is -0.463. The number of methoxy groups -OCH3 is 1. The van der Waals surface area contributed by atoms with Crippen molar-refractivity contribution in [1.29, 1.82) is 0 Å². The summed E-state index contributed by atoms with van der Waals surface area (Å²) >= 11 is 1.86. The zero-order valence-corrected chi connectivity index (χ0v) is 11.1. The number of esters is 1. The van der Waals surface area contributed by atoms with E-state index in [4.69, 9.17) is 5.73 Å². The molecule has 0 aromatic carbocycles. The van der Waals surface area contributed by atoms with Gasteiger partial charge in [-0.05, 0) is 18.8 Å². The normalized spacial score (nSPS) is 27.4. The highest BCUT2D eigenvalue weighted by atomic mass is 32.2. The molecule has 1 aliphatic rings. The van der Waals surface area contributed by atoms with Gasteiger partial charge in [0.1, 0.15) is 6.04 Å². The van der Waals surface area contributed by atoms with E-state index >= 15 is 0 Å². The molecule has 0 spiro atoms. The smallest absolute Gasteiger partial charge is 0.323 e. The predicted octanol–water partition coefficient (Wildman–Crippen LogP) is 2.19. The minimum absolute atomic E-state index is 0.295. The van der Waals surface area contributed by atoms with Crippen LogP contribution in [0.15, 0.2) is 0 Å². The fraction of sp³-hybridized carbons (Fsp3) is 0.917. The van der Waals surface area contributed by atoms with E-state index in [1.807, 2.05) is 11.8 Å². The third kappa shape index (κ3) is 3.98. The van der Waals surface area contributed by atoms with Gasteiger partial charge in [-0.25, -0.2) is 0 Å². The highest BCUT2D eigenvalue weighted by molar-refractivity contribution is 8.00. The van der Waals surface area contributed by atoms with Crippen molar-refractivity contribution in [2.75, 3.05) is 12.9 Å². The van der Waals surface area contributed by atoms with Crippen LogP contribution in [0.3, 0.4) is 0 Å². The van der Waals surface area contributed by atoms with Gasteiger partial charge in [-0.15, -0.1) is 0 Å². The third-order valence-electron chi connectivity index (χ3n) is 3.36. The van der Waals surface area contributed by atoms with Crippen LogP contribution in [0.2, 0.25) is 0 Å². The van der Waals surface area contributed by atoms with E-state index < -0.39 is 6.04 Å². The zero-order chi connectivity index (χ0) is 12.0. The van der Waals surface area contributed by atoms with Crippen molar-refractivity contribution in [3.8, 4) is 0 Å². The molecule has 0 aromatic rings. The van der Waals surface area contributed by atoms with Gasteiger partial charge < -0.3 is 10.5 Å². The minimum Gasteiger partial charge on any atom is -0.468 e. The Morgan fingerprint density at radius 1 is 1.50 bits per heavy atom. The van der Waals surface area contributed by atoms with Gasteiger partial charge in [-0.1, -0.05) is 26.2 Å². The first-order valence-electron chi connectivity index (χ1n) is 6.14. The highest BCUT2D eigenvalue weighted by Gasteiger charge is 2.25. The summed E-state index contributed by atoms with van der Waals surface area (Å²) in [5, 5.41) is 0.689. The molecule has 0 aromatic heterocycles. The van der Waals surface area contributed by atoms with Gasteiger partial charge in [-0.3, -0.25) is 4.79 Å². The maximum atomic E-state index is 11.2. The lowest BCUT2D eigenvalue weighted by molar-refractivity contribution is -0.141. The van der Waals surface area contributed by atoms with Crippen LogP contribution in [-0.4, -0.2) is 30.1 Å². The van der Waals surface area contributed by atoms with Crippen molar-refractivity contribution in [3.63, 3.8) is 0 Å². The molecule has 3 unspecified atom stereocenters. The summed E-state index contributed by atoms with van der Waals surface area (Å²) in [5.41, 5.74) is 5.74. The first-order chi connectivity index (χ1) is 7.69. The van der Waals surface area contributed by atoms with Gasteiger partial charge in [0.25, 0.3) is 0 Å². The number of hydrogen-bond acceptors (Lipinski definition) is 4. The number of nitrogens with two attached hydrogens (primary N) is 1. The molecule has 0 heterocycles. The monoisotopic (exact) mass is 245 g/mol. The molecule has 1 fully saturated rings. The number of carbonyl (C=O) groups excluding carboxylic acids is 1. The standard InChI is InChI=1S/C12H23NO2S/c1-3-9-6-4-5-7-11(9)16-8-10(13)12(14)15-2/h9-11H,3-8,13H2,1-2H3. The molecule has 1 saturated carbocycles. The minimum atomic E-state index is -0.463. The summed E-state index contributed by atoms with van der Waals surface area (Å²) in [4.78, 5) is 11.2. The summed E-state index contributed by atoms with van der Waals surface area (Å²) in [6.07, 6.45) is 6.53. The summed E-state index contributed by atoms with van der Waals surface area (Å²) in [6.45, 7) is 2.25. The average molecular weight is 245 g/mol. The number of ether oxygens (including phenoxy) is 1. The van der Waals surface area contributed by atoms with Gasteiger partial charge in [0.15, 0.2) is 0 Å². The second kappa shape index (κ2) is 7.17. The van der Waals surface area contributed by atoms with Crippen molar-refractivity contribution in [2.24, 2.45) is 11.7 Å². The largest absolute Gasteiger partial charge is 0.468 e. The molecule has 3 nitrogen and oxygen atoms in total. The van der Waals surface area contributed by atoms with Crippen LogP contribution in [0.5, 0.6) is 0 Å². The molecule has 0 amide bonds. The number of hydrogen-bond donors (Lipinski definition) is 1. The van der Waals surface area contributed by atoms with Crippen molar-refractivity contribution < 1.29 is 9.53 Å². The Balaban J connectivity index is 2.32.